The third-order valence-electron chi connectivity index (χ3n) is 1.95. The van der Waals surface area contributed by atoms with Crippen molar-refractivity contribution in [3.63, 3.8) is 0 Å². The lowest BCUT2D eigenvalue weighted by Gasteiger charge is -2.25. The maximum absolute atomic E-state index is 12.2. The Morgan fingerprint density at radius 3 is 2.14 bits per heavy atom. The van der Waals surface area contributed by atoms with Gasteiger partial charge >= 0.3 is 6.98 Å². The average Bonchev–Trinajstić information content (AvgIpc) is 2.31. The maximum atomic E-state index is 12.2. The molecule has 1 saturated heterocycles. The van der Waals surface area contributed by atoms with Crippen molar-refractivity contribution >= 4 is 28.6 Å². The summed E-state index contributed by atoms with van der Waals surface area (Å²) in [5, 5.41) is 0. The summed E-state index contributed by atoms with van der Waals surface area (Å²) in [5.41, 5.74) is -0.582. The summed E-state index contributed by atoms with van der Waals surface area (Å²) in [6.07, 6.45) is 0. The molecule has 1 nitrogen and oxygen atoms in total. The summed E-state index contributed by atoms with van der Waals surface area (Å²) >= 11 is 0. The minimum atomic E-state index is -4.86. The van der Waals surface area contributed by atoms with Crippen LogP contribution in [0, 0.1) is 0 Å². The van der Waals surface area contributed by atoms with Crippen LogP contribution in [0.1, 0.15) is 0 Å². The number of halogens is 3. The van der Waals surface area contributed by atoms with Gasteiger partial charge in [0.25, 0.3) is 0 Å². The van der Waals surface area contributed by atoms with E-state index in [0.717, 1.165) is 24.6 Å². The highest BCUT2D eigenvalue weighted by atomic mass is 33.1. The minimum absolute atomic E-state index is 0.0232. The van der Waals surface area contributed by atoms with Crippen molar-refractivity contribution in [2.24, 2.45) is 0 Å². The van der Waals surface area contributed by atoms with Crippen molar-refractivity contribution in [1.82, 2.24) is 4.90 Å². The lowest BCUT2D eigenvalue weighted by molar-refractivity contribution is 0.333. The fourth-order valence-electron chi connectivity index (χ4n) is 1.11. The smallest absolute Gasteiger partial charge is 0.445 e. The van der Waals surface area contributed by atoms with E-state index in [1.807, 2.05) is 4.90 Å². The van der Waals surface area contributed by atoms with E-state index in [1.54, 1.807) is 21.6 Å². The predicted octanol–water partition coefficient (Wildman–Crippen LogP) is 2.63. The number of nitrogens with zero attached hydrogens (tertiary/aromatic N) is 1. The topological polar surface area (TPSA) is 3.24 Å². The van der Waals surface area contributed by atoms with Gasteiger partial charge in [-0.15, -0.1) is 12.1 Å². The Hall–Kier alpha value is 0.255. The van der Waals surface area contributed by atoms with E-state index < -0.39 is 12.4 Å². The summed E-state index contributed by atoms with van der Waals surface area (Å²) in [5.74, 6) is 1.78. The molecule has 0 spiro atoms. The molecule has 1 rings (SSSR count). The lowest BCUT2D eigenvalue weighted by Crippen LogP contribution is -2.34. The normalized spacial score (nSPS) is 20.5. The molecule has 0 unspecified atom stereocenters. The molecule has 0 amide bonds. The Morgan fingerprint density at radius 2 is 1.71 bits per heavy atom. The zero-order chi connectivity index (χ0) is 10.6. The summed E-state index contributed by atoms with van der Waals surface area (Å²) in [4.78, 5) is 1.82. The Kier molecular flexibility index (Phi) is 4.73. The van der Waals surface area contributed by atoms with Crippen LogP contribution in [-0.4, -0.2) is 43.0 Å². The van der Waals surface area contributed by atoms with Gasteiger partial charge in [0.15, 0.2) is 0 Å². The van der Waals surface area contributed by atoms with Crippen LogP contribution in [-0.2, 0) is 0 Å². The van der Waals surface area contributed by atoms with Gasteiger partial charge in [-0.25, -0.2) is 0 Å². The van der Waals surface area contributed by atoms with Gasteiger partial charge in [-0.3, -0.25) is 0 Å². The molecule has 7 heteroatoms. The predicted molar refractivity (Wildman–Crippen MR) is 59.6 cm³/mol. The van der Waals surface area contributed by atoms with Crippen molar-refractivity contribution in [2.45, 2.75) is 0 Å². The molecule has 1 heterocycles. The highest BCUT2D eigenvalue weighted by Crippen LogP contribution is 2.25. The van der Waals surface area contributed by atoms with Crippen molar-refractivity contribution in [1.29, 1.82) is 0 Å². The molecule has 0 bridgehead atoms. The van der Waals surface area contributed by atoms with Crippen molar-refractivity contribution in [3.8, 4) is 0 Å². The van der Waals surface area contributed by atoms with Crippen LogP contribution in [0.3, 0.4) is 0 Å². The molecule has 0 saturated carbocycles. The van der Waals surface area contributed by atoms with E-state index in [9.17, 15) is 12.9 Å². The van der Waals surface area contributed by atoms with Crippen LogP contribution in [0.5, 0.6) is 0 Å². The molecule has 14 heavy (non-hydrogen) atoms. The van der Waals surface area contributed by atoms with E-state index in [1.165, 1.54) is 0 Å². The molecule has 1 aliphatic rings. The number of hydrogen-bond acceptors (Lipinski definition) is 3. The minimum Gasteiger partial charge on any atom is -0.445 e. The van der Waals surface area contributed by atoms with E-state index >= 15 is 0 Å². The molecule has 0 aliphatic carbocycles. The van der Waals surface area contributed by atoms with Crippen LogP contribution < -0.4 is 0 Å². The van der Waals surface area contributed by atoms with Crippen molar-refractivity contribution < 1.29 is 12.9 Å². The van der Waals surface area contributed by atoms with Crippen LogP contribution in [0.2, 0.25) is 0 Å². The molecular weight excluding hydrogens is 230 g/mol. The zero-order valence-electron chi connectivity index (χ0n) is 7.72. The fourth-order valence-corrected chi connectivity index (χ4v) is 3.17. The molecular formula is C7H12BF3NS2-. The monoisotopic (exact) mass is 242 g/mol. The third kappa shape index (κ3) is 4.19. The first kappa shape index (κ1) is 12.3. The molecule has 0 aromatic heterocycles. The summed E-state index contributed by atoms with van der Waals surface area (Å²) in [7, 11) is 3.45. The van der Waals surface area contributed by atoms with Crippen LogP contribution in [0.15, 0.2) is 12.1 Å². The van der Waals surface area contributed by atoms with Gasteiger partial charge in [0.1, 0.15) is 0 Å². The van der Waals surface area contributed by atoms with Gasteiger partial charge in [0.05, 0.1) is 0 Å². The van der Waals surface area contributed by atoms with Gasteiger partial charge in [0.2, 0.25) is 0 Å². The van der Waals surface area contributed by atoms with Gasteiger partial charge in [-0.1, -0.05) is 21.6 Å². The molecule has 0 aromatic carbocycles. The summed E-state index contributed by atoms with van der Waals surface area (Å²) in [6, 6.07) is 0. The molecule has 0 radical (unpaired) electrons. The van der Waals surface area contributed by atoms with Crippen molar-refractivity contribution in [3.05, 3.63) is 12.1 Å². The summed E-state index contributed by atoms with van der Waals surface area (Å²) in [6.45, 7) is -0.334. The molecule has 0 N–H and O–H groups in total. The standard InChI is InChI=1S/C7H12BF3NS2/c1-7(8(9,10)11)6-12-2-4-13-14-5-3-12/h1-6H2/q-1. The van der Waals surface area contributed by atoms with Crippen LogP contribution in [0.4, 0.5) is 12.9 Å². The van der Waals surface area contributed by atoms with Gasteiger partial charge in [-0.05, 0) is 6.54 Å². The number of rotatable bonds is 3. The van der Waals surface area contributed by atoms with E-state index in [2.05, 4.69) is 6.58 Å². The second-order valence-electron chi connectivity index (χ2n) is 3.15. The Balaban J connectivity index is 2.38. The molecule has 0 aromatic rings. The quantitative estimate of drug-likeness (QED) is 0.553. The first-order valence-electron chi connectivity index (χ1n) is 4.34. The summed E-state index contributed by atoms with van der Waals surface area (Å²) < 4.78 is 36.7. The Labute approximate surface area is 89.9 Å². The van der Waals surface area contributed by atoms with Crippen LogP contribution >= 0.6 is 21.6 Å². The van der Waals surface area contributed by atoms with Crippen molar-refractivity contribution in [2.75, 3.05) is 31.1 Å². The van der Waals surface area contributed by atoms with Gasteiger partial charge in [0, 0.05) is 24.6 Å². The second kappa shape index (κ2) is 5.37. The van der Waals surface area contributed by atoms with Gasteiger partial charge in [-0.2, -0.15) is 0 Å². The highest BCUT2D eigenvalue weighted by molar-refractivity contribution is 8.76. The first-order chi connectivity index (χ1) is 6.50. The van der Waals surface area contributed by atoms with Gasteiger partial charge < -0.3 is 17.8 Å². The first-order valence-corrected chi connectivity index (χ1v) is 6.83. The fraction of sp³-hybridized carbons (Fsp3) is 0.714. The molecule has 1 fully saturated rings. The molecule has 82 valence electrons. The maximum Gasteiger partial charge on any atom is 0.506 e. The SMILES string of the molecule is C=C(CN1CCSSCC1)[B-](F)(F)F. The average molecular weight is 242 g/mol. The van der Waals surface area contributed by atoms with E-state index in [0.29, 0.717) is 0 Å². The van der Waals surface area contributed by atoms with Crippen LogP contribution in [0.25, 0.3) is 0 Å². The highest BCUT2D eigenvalue weighted by Gasteiger charge is 2.27. The molecule has 0 atom stereocenters. The second-order valence-corrected chi connectivity index (χ2v) is 5.86. The van der Waals surface area contributed by atoms with E-state index in [4.69, 9.17) is 0 Å². The largest absolute Gasteiger partial charge is 0.506 e. The Bertz CT molecular complexity index is 202. The molecule has 1 aliphatic heterocycles. The lowest BCUT2D eigenvalue weighted by atomic mass is 9.80. The zero-order valence-corrected chi connectivity index (χ0v) is 9.35. The Morgan fingerprint density at radius 1 is 1.21 bits per heavy atom. The number of hydrogen-bond donors (Lipinski definition) is 0. The van der Waals surface area contributed by atoms with E-state index in [-0.39, 0.29) is 6.54 Å². The third-order valence-corrected chi connectivity index (χ3v) is 4.32.